The molecule has 0 aliphatic carbocycles. The second-order valence-corrected chi connectivity index (χ2v) is 8.63. The van der Waals surface area contributed by atoms with E-state index in [-0.39, 0.29) is 0 Å². The number of nitrogen functional groups attached to an aromatic ring is 1. The van der Waals surface area contributed by atoms with Crippen LogP contribution >= 0.6 is 11.3 Å². The molecule has 0 amide bonds. The lowest BCUT2D eigenvalue weighted by Gasteiger charge is -2.15. The molecule has 176 valence electrons. The zero-order valence-corrected chi connectivity index (χ0v) is 20.3. The molecular weight excluding hydrogens is 460 g/mol. The molecule has 8 heteroatoms. The average Bonchev–Trinajstić information content (AvgIpc) is 3.32. The molecule has 0 spiro atoms. The fourth-order valence-corrected chi connectivity index (χ4v) is 4.97. The number of hydrogen-bond donors (Lipinski definition) is 2. The number of nitrogens with zero attached hydrogens (tertiary/aromatic N) is 2. The SMILES string of the molecule is COc1cc(Nc2ncnc3c(/C=C/c4ccc(N)c5ccccc45)csc23)cc(OC)c1OC. The smallest absolute Gasteiger partial charge is 0.203 e. The lowest BCUT2D eigenvalue weighted by Crippen LogP contribution is -1.99. The van der Waals surface area contributed by atoms with Gasteiger partial charge in [-0.3, -0.25) is 0 Å². The molecule has 5 rings (SSSR count). The number of hydrogen-bond acceptors (Lipinski definition) is 8. The molecule has 2 heterocycles. The van der Waals surface area contributed by atoms with E-state index in [0.29, 0.717) is 23.1 Å². The van der Waals surface area contributed by atoms with E-state index in [1.165, 1.54) is 0 Å². The van der Waals surface area contributed by atoms with Crippen LogP contribution in [0.25, 0.3) is 33.1 Å². The van der Waals surface area contributed by atoms with Gasteiger partial charge in [-0.05, 0) is 17.0 Å². The van der Waals surface area contributed by atoms with Crippen molar-refractivity contribution in [2.75, 3.05) is 32.4 Å². The molecule has 0 aliphatic heterocycles. The number of benzene rings is 3. The third kappa shape index (κ3) is 4.20. The summed E-state index contributed by atoms with van der Waals surface area (Å²) in [6.45, 7) is 0. The minimum atomic E-state index is 0.534. The van der Waals surface area contributed by atoms with Gasteiger partial charge in [0.2, 0.25) is 5.75 Å². The van der Waals surface area contributed by atoms with Gasteiger partial charge < -0.3 is 25.3 Å². The summed E-state index contributed by atoms with van der Waals surface area (Å²) in [6.07, 6.45) is 5.73. The van der Waals surface area contributed by atoms with E-state index in [2.05, 4.69) is 38.9 Å². The number of ether oxygens (including phenoxy) is 3. The van der Waals surface area contributed by atoms with Gasteiger partial charge in [-0.15, -0.1) is 11.3 Å². The highest BCUT2D eigenvalue weighted by Crippen LogP contribution is 2.41. The van der Waals surface area contributed by atoms with Crippen molar-refractivity contribution < 1.29 is 14.2 Å². The van der Waals surface area contributed by atoms with E-state index in [0.717, 1.165) is 43.5 Å². The highest BCUT2D eigenvalue weighted by molar-refractivity contribution is 7.18. The molecule has 7 nitrogen and oxygen atoms in total. The van der Waals surface area contributed by atoms with Crippen molar-refractivity contribution >= 4 is 61.7 Å². The zero-order chi connectivity index (χ0) is 24.4. The Balaban J connectivity index is 1.50. The molecule has 5 aromatic rings. The first-order valence-electron chi connectivity index (χ1n) is 10.9. The number of nitrogens with one attached hydrogen (secondary N) is 1. The normalized spacial score (nSPS) is 11.3. The molecule has 0 bridgehead atoms. The van der Waals surface area contributed by atoms with Crippen molar-refractivity contribution in [3.8, 4) is 17.2 Å². The van der Waals surface area contributed by atoms with Crippen molar-refractivity contribution in [1.82, 2.24) is 9.97 Å². The van der Waals surface area contributed by atoms with Gasteiger partial charge in [0, 0.05) is 39.8 Å². The van der Waals surface area contributed by atoms with Gasteiger partial charge in [0.1, 0.15) is 6.33 Å². The predicted octanol–water partition coefficient (Wildman–Crippen LogP) is 6.37. The Bertz CT molecular complexity index is 1540. The topological polar surface area (TPSA) is 91.5 Å². The molecule has 0 aliphatic rings. The van der Waals surface area contributed by atoms with E-state index in [9.17, 15) is 0 Å². The first-order valence-corrected chi connectivity index (χ1v) is 11.8. The van der Waals surface area contributed by atoms with E-state index in [1.807, 2.05) is 42.5 Å². The molecule has 3 N–H and O–H groups in total. The Morgan fingerprint density at radius 2 is 1.57 bits per heavy atom. The highest BCUT2D eigenvalue weighted by Gasteiger charge is 2.15. The van der Waals surface area contributed by atoms with Crippen LogP contribution in [0.15, 0.2) is 60.2 Å². The minimum absolute atomic E-state index is 0.534. The second-order valence-electron chi connectivity index (χ2n) is 7.75. The first-order chi connectivity index (χ1) is 17.1. The summed E-state index contributed by atoms with van der Waals surface area (Å²) in [7, 11) is 4.76. The number of rotatable bonds is 7. The van der Waals surface area contributed by atoms with Crippen LogP contribution in [-0.2, 0) is 0 Å². The van der Waals surface area contributed by atoms with Gasteiger partial charge in [-0.2, -0.15) is 0 Å². The standard InChI is InChI=1S/C27H24N4O3S/c1-32-22-12-18(13-23(33-2)25(22)34-3)31-27-26-24(29-15-30-27)17(14-35-26)9-8-16-10-11-21(28)20-7-5-4-6-19(16)20/h4-15H,28H2,1-3H3,(H,29,30,31)/b9-8+. The summed E-state index contributed by atoms with van der Waals surface area (Å²) < 4.78 is 17.3. The highest BCUT2D eigenvalue weighted by atomic mass is 32.1. The van der Waals surface area contributed by atoms with Crippen LogP contribution in [-0.4, -0.2) is 31.3 Å². The number of fused-ring (bicyclic) bond motifs is 2. The maximum absolute atomic E-state index is 6.15. The van der Waals surface area contributed by atoms with Gasteiger partial charge in [0.05, 0.1) is 31.5 Å². The van der Waals surface area contributed by atoms with Gasteiger partial charge in [-0.1, -0.05) is 42.5 Å². The lowest BCUT2D eigenvalue weighted by atomic mass is 10.0. The molecule has 0 unspecified atom stereocenters. The Hall–Kier alpha value is -4.30. The van der Waals surface area contributed by atoms with Crippen LogP contribution in [0.2, 0.25) is 0 Å². The van der Waals surface area contributed by atoms with Gasteiger partial charge >= 0.3 is 0 Å². The molecule has 3 aromatic carbocycles. The van der Waals surface area contributed by atoms with E-state index in [4.69, 9.17) is 19.9 Å². The van der Waals surface area contributed by atoms with Gasteiger partial charge in [0.15, 0.2) is 17.3 Å². The fraction of sp³-hybridized carbons (Fsp3) is 0.111. The molecule has 35 heavy (non-hydrogen) atoms. The second kappa shape index (κ2) is 9.52. The molecule has 0 radical (unpaired) electrons. The van der Waals surface area contributed by atoms with Crippen molar-refractivity contribution in [3.63, 3.8) is 0 Å². The lowest BCUT2D eigenvalue weighted by molar-refractivity contribution is 0.324. The Kier molecular flexibility index (Phi) is 6.12. The quantitative estimate of drug-likeness (QED) is 0.259. The largest absolute Gasteiger partial charge is 0.493 e. The summed E-state index contributed by atoms with van der Waals surface area (Å²) in [5.74, 6) is 2.36. The maximum atomic E-state index is 6.15. The number of methoxy groups -OCH3 is 3. The Labute approximate surface area is 206 Å². The van der Waals surface area contributed by atoms with E-state index < -0.39 is 0 Å². The van der Waals surface area contributed by atoms with E-state index in [1.54, 1.807) is 39.0 Å². The molecule has 0 saturated carbocycles. The van der Waals surface area contributed by atoms with Crippen molar-refractivity contribution in [2.24, 2.45) is 0 Å². The van der Waals surface area contributed by atoms with Crippen molar-refractivity contribution in [2.45, 2.75) is 0 Å². The van der Waals surface area contributed by atoms with Gasteiger partial charge in [-0.25, -0.2) is 9.97 Å². The Morgan fingerprint density at radius 1 is 0.857 bits per heavy atom. The van der Waals surface area contributed by atoms with Crippen LogP contribution in [0.3, 0.4) is 0 Å². The third-order valence-electron chi connectivity index (χ3n) is 5.74. The predicted molar refractivity (Wildman–Crippen MR) is 144 cm³/mol. The molecular formula is C27H24N4O3S. The number of aromatic nitrogens is 2. The number of nitrogens with two attached hydrogens (primary N) is 1. The van der Waals surface area contributed by atoms with Crippen LogP contribution in [0.1, 0.15) is 11.1 Å². The van der Waals surface area contributed by atoms with Gasteiger partial charge in [0.25, 0.3) is 0 Å². The van der Waals surface area contributed by atoms with Crippen LogP contribution in [0.5, 0.6) is 17.2 Å². The fourth-order valence-electron chi connectivity index (χ4n) is 4.04. The van der Waals surface area contributed by atoms with E-state index >= 15 is 0 Å². The average molecular weight is 485 g/mol. The van der Waals surface area contributed by atoms with Crippen LogP contribution in [0, 0.1) is 0 Å². The summed E-state index contributed by atoms with van der Waals surface area (Å²) in [6, 6.07) is 15.8. The number of anilines is 3. The minimum Gasteiger partial charge on any atom is -0.493 e. The number of thiophene rings is 1. The summed E-state index contributed by atoms with van der Waals surface area (Å²) in [4.78, 5) is 9.02. The molecule has 0 fully saturated rings. The molecule has 0 saturated heterocycles. The summed E-state index contributed by atoms with van der Waals surface area (Å²) in [5.41, 5.74) is 10.7. The summed E-state index contributed by atoms with van der Waals surface area (Å²) >= 11 is 1.58. The zero-order valence-electron chi connectivity index (χ0n) is 19.5. The van der Waals surface area contributed by atoms with Crippen molar-refractivity contribution in [3.05, 3.63) is 71.4 Å². The molecule has 0 atom stereocenters. The third-order valence-corrected chi connectivity index (χ3v) is 6.74. The first kappa shape index (κ1) is 22.5. The Morgan fingerprint density at radius 3 is 2.29 bits per heavy atom. The van der Waals surface area contributed by atoms with Crippen molar-refractivity contribution in [1.29, 1.82) is 0 Å². The van der Waals surface area contributed by atoms with Crippen LogP contribution < -0.4 is 25.3 Å². The monoisotopic (exact) mass is 484 g/mol. The maximum Gasteiger partial charge on any atom is 0.203 e. The molecule has 2 aromatic heterocycles. The summed E-state index contributed by atoms with van der Waals surface area (Å²) in [5, 5.41) is 7.61. The van der Waals surface area contributed by atoms with Crippen LogP contribution in [0.4, 0.5) is 17.2 Å².